The Hall–Kier alpha value is -1.31. The number of hydrogen-bond donors (Lipinski definition) is 2. The molecule has 1 aliphatic carbocycles. The van der Waals surface area contributed by atoms with Crippen LogP contribution in [0.4, 0.5) is 0 Å². The summed E-state index contributed by atoms with van der Waals surface area (Å²) < 4.78 is 37.8. The number of benzene rings is 1. The third-order valence-corrected chi connectivity index (χ3v) is 5.30. The van der Waals surface area contributed by atoms with Gasteiger partial charge in [0.2, 0.25) is 10.0 Å². The van der Waals surface area contributed by atoms with Crippen LogP contribution >= 0.6 is 0 Å². The summed E-state index contributed by atoms with van der Waals surface area (Å²) in [5, 5.41) is 10.2. The Morgan fingerprint density at radius 2 is 1.95 bits per heavy atom. The van der Waals surface area contributed by atoms with E-state index in [1.54, 1.807) is 13.0 Å². The third kappa shape index (κ3) is 3.14. The van der Waals surface area contributed by atoms with Crippen LogP contribution in [0.15, 0.2) is 23.1 Å². The standard InChI is InChI=1S/C14H19NO5S/c1-14(16,10-2-3-10)9-15-21(17,18)11-4-5-12-13(8-11)20-7-6-19-12/h4-5,8,10,15-16H,2-3,6-7,9H2,1H3/t14-/m0/s1. The van der Waals surface area contributed by atoms with Crippen LogP contribution in [0.2, 0.25) is 0 Å². The van der Waals surface area contributed by atoms with Crippen molar-refractivity contribution in [1.82, 2.24) is 4.72 Å². The first-order chi connectivity index (χ1) is 9.88. The lowest BCUT2D eigenvalue weighted by Gasteiger charge is -2.23. The van der Waals surface area contributed by atoms with Crippen LogP contribution in [0, 0.1) is 5.92 Å². The number of aliphatic hydroxyl groups is 1. The topological polar surface area (TPSA) is 84.9 Å². The summed E-state index contributed by atoms with van der Waals surface area (Å²) in [6.07, 6.45) is 1.89. The molecule has 1 saturated carbocycles. The van der Waals surface area contributed by atoms with Crippen molar-refractivity contribution in [3.8, 4) is 11.5 Å². The number of sulfonamides is 1. The summed E-state index contributed by atoms with van der Waals surface area (Å²) in [6, 6.07) is 4.51. The van der Waals surface area contributed by atoms with Crippen molar-refractivity contribution in [1.29, 1.82) is 0 Å². The van der Waals surface area contributed by atoms with Gasteiger partial charge in [0, 0.05) is 12.6 Å². The lowest BCUT2D eigenvalue weighted by Crippen LogP contribution is -2.42. The van der Waals surface area contributed by atoms with Gasteiger partial charge in [-0.1, -0.05) is 0 Å². The molecular formula is C14H19NO5S. The molecule has 3 rings (SSSR count). The molecule has 0 radical (unpaired) electrons. The van der Waals surface area contributed by atoms with Gasteiger partial charge in [-0.15, -0.1) is 0 Å². The van der Waals surface area contributed by atoms with Crippen LogP contribution in [0.25, 0.3) is 0 Å². The number of fused-ring (bicyclic) bond motifs is 1. The van der Waals surface area contributed by atoms with Crippen LogP contribution in [0.5, 0.6) is 11.5 Å². The zero-order valence-corrected chi connectivity index (χ0v) is 12.6. The molecule has 7 heteroatoms. The molecule has 1 aliphatic heterocycles. The van der Waals surface area contributed by atoms with Crippen molar-refractivity contribution in [3.63, 3.8) is 0 Å². The minimum Gasteiger partial charge on any atom is -0.486 e. The summed E-state index contributed by atoms with van der Waals surface area (Å²) in [5.74, 6) is 1.16. The van der Waals surface area contributed by atoms with Gasteiger partial charge >= 0.3 is 0 Å². The normalized spacial score (nSPS) is 20.9. The lowest BCUT2D eigenvalue weighted by molar-refractivity contribution is 0.0422. The summed E-state index contributed by atoms with van der Waals surface area (Å²) in [6.45, 7) is 2.54. The van der Waals surface area contributed by atoms with E-state index in [0.717, 1.165) is 12.8 Å². The molecule has 21 heavy (non-hydrogen) atoms. The largest absolute Gasteiger partial charge is 0.486 e. The predicted octanol–water partition coefficient (Wildman–Crippen LogP) is 0.897. The average molecular weight is 313 g/mol. The molecule has 1 aromatic carbocycles. The highest BCUT2D eigenvalue weighted by Crippen LogP contribution is 2.39. The Morgan fingerprint density at radius 3 is 2.62 bits per heavy atom. The summed E-state index contributed by atoms with van der Waals surface area (Å²) in [7, 11) is -3.68. The Labute approximate surface area is 124 Å². The van der Waals surface area contributed by atoms with E-state index in [1.807, 2.05) is 0 Å². The van der Waals surface area contributed by atoms with E-state index in [4.69, 9.17) is 9.47 Å². The van der Waals surface area contributed by atoms with E-state index < -0.39 is 15.6 Å². The maximum absolute atomic E-state index is 12.3. The number of hydrogen-bond acceptors (Lipinski definition) is 5. The fraction of sp³-hybridized carbons (Fsp3) is 0.571. The highest BCUT2D eigenvalue weighted by atomic mass is 32.2. The minimum atomic E-state index is -3.68. The van der Waals surface area contributed by atoms with Gasteiger partial charge in [0.05, 0.1) is 10.5 Å². The van der Waals surface area contributed by atoms with Crippen LogP contribution < -0.4 is 14.2 Å². The van der Waals surface area contributed by atoms with Crippen molar-refractivity contribution in [2.75, 3.05) is 19.8 Å². The van der Waals surface area contributed by atoms with Gasteiger partial charge in [0.1, 0.15) is 13.2 Å². The minimum absolute atomic E-state index is 0.00837. The molecule has 0 unspecified atom stereocenters. The maximum Gasteiger partial charge on any atom is 0.240 e. The molecule has 0 bridgehead atoms. The Morgan fingerprint density at radius 1 is 1.29 bits per heavy atom. The fourth-order valence-corrected chi connectivity index (χ4v) is 3.52. The molecule has 1 heterocycles. The molecular weight excluding hydrogens is 294 g/mol. The van der Waals surface area contributed by atoms with Crippen molar-refractivity contribution in [2.24, 2.45) is 5.92 Å². The molecule has 2 N–H and O–H groups in total. The average Bonchev–Trinajstić information content (AvgIpc) is 3.30. The number of ether oxygens (including phenoxy) is 2. The van der Waals surface area contributed by atoms with Crippen LogP contribution in [-0.4, -0.2) is 38.9 Å². The van der Waals surface area contributed by atoms with E-state index >= 15 is 0 Å². The number of nitrogens with one attached hydrogen (secondary N) is 1. The lowest BCUT2D eigenvalue weighted by atomic mass is 10.0. The molecule has 0 saturated heterocycles. The van der Waals surface area contributed by atoms with Crippen molar-refractivity contribution < 1.29 is 23.0 Å². The summed E-state index contributed by atoms with van der Waals surface area (Å²) in [4.78, 5) is 0.110. The molecule has 1 atom stereocenters. The van der Waals surface area contributed by atoms with E-state index in [2.05, 4.69) is 4.72 Å². The first kappa shape index (κ1) is 14.6. The van der Waals surface area contributed by atoms with Crippen molar-refractivity contribution >= 4 is 10.0 Å². The highest BCUT2D eigenvalue weighted by Gasteiger charge is 2.40. The molecule has 0 spiro atoms. The van der Waals surface area contributed by atoms with Gasteiger partial charge in [0.15, 0.2) is 11.5 Å². The Kier molecular flexibility index (Phi) is 3.59. The second-order valence-corrected chi connectivity index (χ2v) is 7.53. The molecule has 0 aromatic heterocycles. The van der Waals surface area contributed by atoms with Crippen LogP contribution in [0.1, 0.15) is 19.8 Å². The first-order valence-electron chi connectivity index (χ1n) is 7.00. The van der Waals surface area contributed by atoms with E-state index in [1.165, 1.54) is 12.1 Å². The smallest absolute Gasteiger partial charge is 0.240 e. The predicted molar refractivity (Wildman–Crippen MR) is 76.0 cm³/mol. The Balaban J connectivity index is 1.75. The second kappa shape index (κ2) is 5.15. The van der Waals surface area contributed by atoms with Crippen molar-refractivity contribution in [3.05, 3.63) is 18.2 Å². The monoisotopic (exact) mass is 313 g/mol. The second-order valence-electron chi connectivity index (χ2n) is 5.76. The molecule has 116 valence electrons. The van der Waals surface area contributed by atoms with Gasteiger partial charge in [-0.2, -0.15) is 0 Å². The van der Waals surface area contributed by atoms with E-state index in [9.17, 15) is 13.5 Å². The molecule has 6 nitrogen and oxygen atoms in total. The van der Waals surface area contributed by atoms with Crippen molar-refractivity contribution in [2.45, 2.75) is 30.3 Å². The van der Waals surface area contributed by atoms with Gasteiger partial charge in [-0.05, 0) is 37.8 Å². The van der Waals surface area contributed by atoms with Gasteiger partial charge < -0.3 is 14.6 Å². The van der Waals surface area contributed by atoms with Gasteiger partial charge in [0.25, 0.3) is 0 Å². The van der Waals surface area contributed by atoms with E-state index in [0.29, 0.717) is 24.7 Å². The molecule has 0 amide bonds. The molecule has 2 aliphatic rings. The SMILES string of the molecule is C[C@](O)(CNS(=O)(=O)c1ccc2c(c1)OCCO2)C1CC1. The van der Waals surface area contributed by atoms with Crippen LogP contribution in [-0.2, 0) is 10.0 Å². The zero-order chi connectivity index (χ0) is 15.1. The molecule has 1 aromatic rings. The third-order valence-electron chi connectivity index (χ3n) is 3.90. The Bertz CT molecular complexity index is 637. The van der Waals surface area contributed by atoms with E-state index in [-0.39, 0.29) is 17.4 Å². The molecule has 1 fully saturated rings. The zero-order valence-electron chi connectivity index (χ0n) is 11.8. The van der Waals surface area contributed by atoms with Gasteiger partial charge in [-0.25, -0.2) is 13.1 Å². The highest BCUT2D eigenvalue weighted by molar-refractivity contribution is 7.89. The first-order valence-corrected chi connectivity index (χ1v) is 8.48. The fourth-order valence-electron chi connectivity index (χ4n) is 2.36. The quantitative estimate of drug-likeness (QED) is 0.843. The summed E-state index contributed by atoms with van der Waals surface area (Å²) in [5.41, 5.74) is -0.999. The maximum atomic E-state index is 12.3. The van der Waals surface area contributed by atoms with Gasteiger partial charge in [-0.3, -0.25) is 0 Å². The number of rotatable bonds is 5. The summed E-state index contributed by atoms with van der Waals surface area (Å²) >= 11 is 0. The van der Waals surface area contributed by atoms with Crippen LogP contribution in [0.3, 0.4) is 0 Å².